The molecule has 3 aliphatic rings. The van der Waals surface area contributed by atoms with E-state index in [1.165, 1.54) is 105 Å². The number of hydrogen-bond acceptors (Lipinski definition) is 1. The lowest BCUT2D eigenvalue weighted by Gasteiger charge is -2.44. The Morgan fingerprint density at radius 2 is 1.26 bits per heavy atom. The van der Waals surface area contributed by atoms with Gasteiger partial charge in [-0.1, -0.05) is 123 Å². The van der Waals surface area contributed by atoms with Crippen LogP contribution in [-0.2, 0) is 5.41 Å². The van der Waals surface area contributed by atoms with Crippen LogP contribution in [0.15, 0.2) is 140 Å². The molecule has 0 spiro atoms. The average Bonchev–Trinajstić information content (AvgIpc) is 3.60. The van der Waals surface area contributed by atoms with Gasteiger partial charge in [0.2, 0.25) is 0 Å². The van der Waals surface area contributed by atoms with E-state index < -0.39 is 0 Å². The molecule has 0 amide bonds. The first-order valence-electron chi connectivity index (χ1n) is 17.8. The number of hydrogen-bond donors (Lipinski definition) is 0. The van der Waals surface area contributed by atoms with Gasteiger partial charge in [0.05, 0.1) is 11.0 Å². The quantitative estimate of drug-likeness (QED) is 0.171. The Morgan fingerprint density at radius 3 is 2.10 bits per heavy atom. The third-order valence-electron chi connectivity index (χ3n) is 12.0. The van der Waals surface area contributed by atoms with Crippen LogP contribution in [0, 0.1) is 13.8 Å². The van der Waals surface area contributed by atoms with Gasteiger partial charge in [-0.05, 0) is 105 Å². The van der Waals surface area contributed by atoms with Crippen molar-refractivity contribution in [1.29, 1.82) is 0 Å². The van der Waals surface area contributed by atoms with E-state index in [0.717, 1.165) is 0 Å². The smallest absolute Gasteiger partial charge is 0.333 e. The number of aryl methyl sites for hydroxylation is 2. The fourth-order valence-electron chi connectivity index (χ4n) is 9.89. The molecular formula is C47H35BN2. The molecular weight excluding hydrogens is 603 g/mol. The molecule has 2 aliphatic heterocycles. The molecule has 8 aromatic rings. The lowest BCUT2D eigenvalue weighted by atomic mass is 9.43. The number of aromatic nitrogens is 1. The summed E-state index contributed by atoms with van der Waals surface area (Å²) in [5.41, 5.74) is 22.3. The lowest BCUT2D eigenvalue weighted by molar-refractivity contribution is 0.662. The van der Waals surface area contributed by atoms with Crippen LogP contribution in [0.3, 0.4) is 0 Å². The maximum Gasteiger partial charge on any atom is 0.333 e. The van der Waals surface area contributed by atoms with E-state index in [-0.39, 0.29) is 12.3 Å². The standard InChI is InChI=1S/C47H35BN2/c1-28-14-5-7-16-31(28)30-26-36-43-41(25-24-34-32-17-8-10-20-37(32)47(3,4)44(34)43)50(39-22-11-6-15-29(39)2)48-38-21-13-19-35-33-18-9-12-23-40(33)49(46(35)38)42(27-30)45(36)48/h5-27H,1-4H3. The maximum atomic E-state index is 2.68. The van der Waals surface area contributed by atoms with E-state index >= 15 is 0 Å². The predicted octanol–water partition coefficient (Wildman–Crippen LogP) is 10.6. The second-order valence-electron chi connectivity index (χ2n) is 15.0. The number of rotatable bonds is 2. The molecule has 3 heteroatoms. The number of anilines is 2. The van der Waals surface area contributed by atoms with Crippen molar-refractivity contribution in [1.82, 2.24) is 4.57 Å². The van der Waals surface area contributed by atoms with Crippen LogP contribution in [-0.4, -0.2) is 11.4 Å². The van der Waals surface area contributed by atoms with Gasteiger partial charge >= 0.3 is 6.85 Å². The molecule has 3 heterocycles. The number of fused-ring (bicyclic) bond motifs is 11. The molecule has 0 bridgehead atoms. The molecule has 7 aromatic carbocycles. The molecule has 2 nitrogen and oxygen atoms in total. The molecule has 0 radical (unpaired) electrons. The Bertz CT molecular complexity index is 2780. The number of nitrogens with zero attached hydrogens (tertiary/aromatic N) is 2. The van der Waals surface area contributed by atoms with Gasteiger partial charge in [0.1, 0.15) is 0 Å². The SMILES string of the molecule is Cc1ccccc1-c1cc2c3c(c1)-n1c4ccccc4c4cccc(c41)B3N(c1ccccc1C)c1ccc3c(c1-2)C(C)(C)c1ccccc1-3. The van der Waals surface area contributed by atoms with E-state index in [1.54, 1.807) is 0 Å². The molecule has 0 saturated heterocycles. The first-order valence-corrected chi connectivity index (χ1v) is 17.8. The first kappa shape index (κ1) is 28.1. The summed E-state index contributed by atoms with van der Waals surface area (Å²) in [5, 5.41) is 2.61. The summed E-state index contributed by atoms with van der Waals surface area (Å²) in [7, 11) is 0. The lowest BCUT2D eigenvalue weighted by Crippen LogP contribution is -2.61. The van der Waals surface area contributed by atoms with Crippen LogP contribution in [0.4, 0.5) is 11.4 Å². The summed E-state index contributed by atoms with van der Waals surface area (Å²) in [6.07, 6.45) is 0. The van der Waals surface area contributed by atoms with Crippen molar-refractivity contribution in [3.63, 3.8) is 0 Å². The van der Waals surface area contributed by atoms with E-state index in [2.05, 4.69) is 177 Å². The van der Waals surface area contributed by atoms with Gasteiger partial charge in [-0.25, -0.2) is 0 Å². The summed E-state index contributed by atoms with van der Waals surface area (Å²) in [6, 6.07) is 52.7. The third kappa shape index (κ3) is 3.40. The summed E-state index contributed by atoms with van der Waals surface area (Å²) in [5.74, 6) is 0. The number of para-hydroxylation sites is 3. The minimum Gasteiger partial charge on any atom is -0.376 e. The van der Waals surface area contributed by atoms with E-state index in [4.69, 9.17) is 0 Å². The second-order valence-corrected chi connectivity index (χ2v) is 15.0. The van der Waals surface area contributed by atoms with E-state index in [0.29, 0.717) is 0 Å². The fourth-order valence-corrected chi connectivity index (χ4v) is 9.89. The number of benzene rings is 7. The molecule has 236 valence electrons. The van der Waals surface area contributed by atoms with Gasteiger partial charge in [-0.2, -0.15) is 0 Å². The first-order chi connectivity index (χ1) is 24.4. The van der Waals surface area contributed by atoms with Gasteiger partial charge in [0.25, 0.3) is 0 Å². The van der Waals surface area contributed by atoms with Gasteiger partial charge < -0.3 is 9.38 Å². The van der Waals surface area contributed by atoms with Crippen LogP contribution in [0.25, 0.3) is 60.9 Å². The minimum atomic E-state index is -0.174. The monoisotopic (exact) mass is 638 g/mol. The van der Waals surface area contributed by atoms with Crippen LogP contribution in [0.1, 0.15) is 36.1 Å². The maximum absolute atomic E-state index is 2.68. The van der Waals surface area contributed by atoms with Crippen LogP contribution in [0.2, 0.25) is 0 Å². The predicted molar refractivity (Wildman–Crippen MR) is 212 cm³/mol. The molecule has 0 unspecified atom stereocenters. The minimum absolute atomic E-state index is 0.00460. The molecule has 0 fully saturated rings. The molecule has 11 rings (SSSR count). The topological polar surface area (TPSA) is 8.17 Å². The zero-order chi connectivity index (χ0) is 33.5. The van der Waals surface area contributed by atoms with Crippen molar-refractivity contribution in [2.45, 2.75) is 33.1 Å². The van der Waals surface area contributed by atoms with Crippen molar-refractivity contribution in [2.75, 3.05) is 4.81 Å². The van der Waals surface area contributed by atoms with Crippen molar-refractivity contribution in [3.8, 4) is 39.1 Å². The van der Waals surface area contributed by atoms with Gasteiger partial charge in [0, 0.05) is 38.8 Å². The van der Waals surface area contributed by atoms with E-state index in [9.17, 15) is 0 Å². The Kier molecular flexibility index (Phi) is 5.43. The second kappa shape index (κ2) is 9.67. The Hall–Kier alpha value is -5.80. The van der Waals surface area contributed by atoms with Crippen molar-refractivity contribution in [2.24, 2.45) is 0 Å². The van der Waals surface area contributed by atoms with Crippen LogP contribution >= 0.6 is 0 Å². The Balaban J connectivity index is 1.37. The molecule has 0 saturated carbocycles. The fraction of sp³-hybridized carbons (Fsp3) is 0.106. The zero-order valence-electron chi connectivity index (χ0n) is 28.8. The molecule has 1 aliphatic carbocycles. The molecule has 0 atom stereocenters. The summed E-state index contributed by atoms with van der Waals surface area (Å²) < 4.78 is 2.58. The highest BCUT2D eigenvalue weighted by Crippen LogP contribution is 2.57. The highest BCUT2D eigenvalue weighted by atomic mass is 15.1. The summed E-state index contributed by atoms with van der Waals surface area (Å²) in [6.45, 7) is 9.37. The van der Waals surface area contributed by atoms with Gasteiger partial charge in [0.15, 0.2) is 0 Å². The Labute approximate surface area is 293 Å². The van der Waals surface area contributed by atoms with E-state index in [1.807, 2.05) is 0 Å². The highest BCUT2D eigenvalue weighted by molar-refractivity contribution is 6.93. The Morgan fingerprint density at radius 1 is 0.540 bits per heavy atom. The van der Waals surface area contributed by atoms with Crippen LogP contribution < -0.4 is 15.7 Å². The van der Waals surface area contributed by atoms with Crippen LogP contribution in [0.5, 0.6) is 0 Å². The summed E-state index contributed by atoms with van der Waals surface area (Å²) in [4.78, 5) is 2.68. The summed E-state index contributed by atoms with van der Waals surface area (Å²) >= 11 is 0. The molecule has 1 aromatic heterocycles. The van der Waals surface area contributed by atoms with Crippen molar-refractivity contribution >= 4 is 51.0 Å². The molecule has 0 N–H and O–H groups in total. The largest absolute Gasteiger partial charge is 0.376 e. The van der Waals surface area contributed by atoms with Gasteiger partial charge in [-0.15, -0.1) is 0 Å². The highest BCUT2D eigenvalue weighted by Gasteiger charge is 2.48. The average molecular weight is 639 g/mol. The van der Waals surface area contributed by atoms with Gasteiger partial charge in [-0.3, -0.25) is 0 Å². The molecule has 50 heavy (non-hydrogen) atoms. The normalized spacial score (nSPS) is 14.5. The third-order valence-corrected chi connectivity index (χ3v) is 12.0. The van der Waals surface area contributed by atoms with Crippen molar-refractivity contribution in [3.05, 3.63) is 162 Å². The zero-order valence-corrected chi connectivity index (χ0v) is 28.8. The van der Waals surface area contributed by atoms with Crippen molar-refractivity contribution < 1.29 is 0 Å².